The minimum atomic E-state index is -4.86. The van der Waals surface area contributed by atoms with E-state index in [2.05, 4.69) is 10.3 Å². The van der Waals surface area contributed by atoms with Gasteiger partial charge < -0.3 is 29.0 Å². The number of ether oxygens (including phenoxy) is 1. The number of carbonyl (C=O) groups is 2. The second kappa shape index (κ2) is 12.0. The number of imidazole rings is 1. The molecule has 5 rings (SSSR count). The van der Waals surface area contributed by atoms with Gasteiger partial charge in [0.2, 0.25) is 0 Å². The van der Waals surface area contributed by atoms with Crippen LogP contribution in [-0.4, -0.2) is 62.8 Å². The molecule has 1 aliphatic heterocycles. The zero-order chi connectivity index (χ0) is 32.8. The number of morpholine rings is 1. The molecule has 0 bridgehead atoms. The van der Waals surface area contributed by atoms with E-state index in [1.165, 1.54) is 42.9 Å². The van der Waals surface area contributed by atoms with E-state index >= 15 is 8.78 Å². The summed E-state index contributed by atoms with van der Waals surface area (Å²) < 4.78 is 79.8. The Bertz CT molecular complexity index is 1850. The van der Waals surface area contributed by atoms with Crippen LogP contribution in [0.2, 0.25) is 0 Å². The summed E-state index contributed by atoms with van der Waals surface area (Å²) in [7, 11) is 1.33. The molecular weight excluding hydrogens is 605 g/mol. The van der Waals surface area contributed by atoms with Gasteiger partial charge in [-0.1, -0.05) is 0 Å². The number of aryl methyl sites for hydroxylation is 1. The highest BCUT2D eigenvalue weighted by molar-refractivity contribution is 5.97. The lowest BCUT2D eigenvalue weighted by atomic mass is 9.99. The normalized spacial score (nSPS) is 16.2. The van der Waals surface area contributed by atoms with Crippen molar-refractivity contribution in [3.05, 3.63) is 87.2 Å². The van der Waals surface area contributed by atoms with Crippen LogP contribution < -0.4 is 15.8 Å². The SMILES string of the molecule is Cc1cc(C(F)(F)F)c(-c2ccc(C[C@H](NC(=O)c3c(F)cc(N4CCOC[C@@H]4C)cc3F)C(=O)O)n3ccnc23)c(=O)n1C. The van der Waals surface area contributed by atoms with Gasteiger partial charge in [0.05, 0.1) is 24.3 Å². The highest BCUT2D eigenvalue weighted by atomic mass is 19.4. The van der Waals surface area contributed by atoms with Crippen LogP contribution in [0.4, 0.5) is 27.6 Å². The molecule has 0 spiro atoms. The number of benzene rings is 1. The zero-order valence-corrected chi connectivity index (χ0v) is 24.3. The Morgan fingerprint density at radius 3 is 2.49 bits per heavy atom. The van der Waals surface area contributed by atoms with Crippen LogP contribution in [0, 0.1) is 18.6 Å². The fourth-order valence-electron chi connectivity index (χ4n) is 5.43. The molecule has 45 heavy (non-hydrogen) atoms. The number of fused-ring (bicyclic) bond motifs is 1. The van der Waals surface area contributed by atoms with Crippen molar-refractivity contribution in [2.45, 2.75) is 38.5 Å². The highest BCUT2D eigenvalue weighted by Crippen LogP contribution is 2.37. The average Bonchev–Trinajstić information content (AvgIpc) is 3.46. The third-order valence-corrected chi connectivity index (χ3v) is 7.85. The Morgan fingerprint density at radius 2 is 1.87 bits per heavy atom. The van der Waals surface area contributed by atoms with Crippen LogP contribution in [0.25, 0.3) is 16.8 Å². The minimum absolute atomic E-state index is 0.0700. The minimum Gasteiger partial charge on any atom is -0.480 e. The standard InChI is InChI=1S/C30H28F5N5O5/c1-15-10-20(30(33,34)35)24(28(42)38(15)3)19-5-4-17(40-7-6-36-26(19)40)13-23(29(43)44)37-27(41)25-21(31)11-18(12-22(25)32)39-8-9-45-14-16(39)2/h4-7,10-12,16,23H,8-9,13-14H2,1-3H3,(H,37,41)(H,43,44)/t16-,23-/m0/s1. The first kappa shape index (κ1) is 31.6. The lowest BCUT2D eigenvalue weighted by Gasteiger charge is -2.35. The second-order valence-electron chi connectivity index (χ2n) is 10.8. The van der Waals surface area contributed by atoms with Crippen LogP contribution in [-0.2, 0) is 29.2 Å². The lowest BCUT2D eigenvalue weighted by Crippen LogP contribution is -2.44. The van der Waals surface area contributed by atoms with Gasteiger partial charge >= 0.3 is 12.1 Å². The molecule has 2 N–H and O–H groups in total. The molecule has 1 fully saturated rings. The van der Waals surface area contributed by atoms with E-state index in [4.69, 9.17) is 4.74 Å². The summed E-state index contributed by atoms with van der Waals surface area (Å²) in [6.45, 7) is 4.26. The Morgan fingerprint density at radius 1 is 1.18 bits per heavy atom. The van der Waals surface area contributed by atoms with Crippen molar-refractivity contribution >= 4 is 23.2 Å². The summed E-state index contributed by atoms with van der Waals surface area (Å²) in [5, 5.41) is 12.0. The molecule has 0 saturated carbocycles. The molecule has 1 aromatic carbocycles. The van der Waals surface area contributed by atoms with Crippen LogP contribution >= 0.6 is 0 Å². The molecule has 4 heterocycles. The van der Waals surface area contributed by atoms with E-state index in [0.29, 0.717) is 19.8 Å². The zero-order valence-electron chi connectivity index (χ0n) is 24.3. The van der Waals surface area contributed by atoms with Crippen LogP contribution in [0.1, 0.15) is 34.2 Å². The quantitative estimate of drug-likeness (QED) is 0.296. The van der Waals surface area contributed by atoms with Crippen molar-refractivity contribution in [3.8, 4) is 11.1 Å². The predicted molar refractivity (Wildman–Crippen MR) is 152 cm³/mol. The first-order valence-corrected chi connectivity index (χ1v) is 13.8. The number of carbonyl (C=O) groups excluding carboxylic acids is 1. The van der Waals surface area contributed by atoms with Gasteiger partial charge in [0.25, 0.3) is 11.5 Å². The molecule has 2 atom stereocenters. The number of anilines is 1. The number of carboxylic acids is 1. The fraction of sp³-hybridized carbons (Fsp3) is 0.333. The van der Waals surface area contributed by atoms with Crippen molar-refractivity contribution < 1.29 is 41.4 Å². The summed E-state index contributed by atoms with van der Waals surface area (Å²) in [5.41, 5.74) is -3.42. The van der Waals surface area contributed by atoms with Crippen molar-refractivity contribution in [1.82, 2.24) is 19.3 Å². The van der Waals surface area contributed by atoms with E-state index < -0.39 is 64.4 Å². The largest absolute Gasteiger partial charge is 0.480 e. The third kappa shape index (κ3) is 5.99. The number of hydrogen-bond donors (Lipinski definition) is 2. The number of pyridine rings is 2. The van der Waals surface area contributed by atoms with E-state index in [1.807, 2.05) is 6.92 Å². The van der Waals surface area contributed by atoms with E-state index in [0.717, 1.165) is 22.8 Å². The molecule has 0 unspecified atom stereocenters. The maximum Gasteiger partial charge on any atom is 0.417 e. The van der Waals surface area contributed by atoms with E-state index in [9.17, 15) is 32.7 Å². The van der Waals surface area contributed by atoms with Gasteiger partial charge in [-0.25, -0.2) is 18.6 Å². The number of halogens is 5. The number of amides is 1. The number of nitrogens with one attached hydrogen (secondary N) is 1. The van der Waals surface area contributed by atoms with Gasteiger partial charge in [-0.2, -0.15) is 13.2 Å². The van der Waals surface area contributed by atoms with Gasteiger partial charge in [0, 0.05) is 61.1 Å². The van der Waals surface area contributed by atoms with Gasteiger partial charge in [0.15, 0.2) is 0 Å². The summed E-state index contributed by atoms with van der Waals surface area (Å²) in [6, 6.07) is 3.47. The van der Waals surface area contributed by atoms with Crippen LogP contribution in [0.15, 0.2) is 47.5 Å². The van der Waals surface area contributed by atoms with Crippen molar-refractivity contribution in [2.75, 3.05) is 24.7 Å². The summed E-state index contributed by atoms with van der Waals surface area (Å²) in [6.07, 6.45) is -2.70. The third-order valence-electron chi connectivity index (χ3n) is 7.85. The second-order valence-corrected chi connectivity index (χ2v) is 10.8. The maximum absolute atomic E-state index is 15.1. The predicted octanol–water partition coefficient (Wildman–Crippen LogP) is 3.96. The summed E-state index contributed by atoms with van der Waals surface area (Å²) >= 11 is 0. The molecule has 3 aromatic heterocycles. The van der Waals surface area contributed by atoms with Gasteiger partial charge in [-0.3, -0.25) is 9.59 Å². The van der Waals surface area contributed by atoms with Gasteiger partial charge in [-0.05, 0) is 44.2 Å². The molecule has 1 aliphatic rings. The lowest BCUT2D eigenvalue weighted by molar-refractivity contribution is -0.139. The van der Waals surface area contributed by atoms with Crippen LogP contribution in [0.5, 0.6) is 0 Å². The first-order valence-electron chi connectivity index (χ1n) is 13.8. The summed E-state index contributed by atoms with van der Waals surface area (Å²) in [4.78, 5) is 44.0. The molecule has 15 heteroatoms. The highest BCUT2D eigenvalue weighted by Gasteiger charge is 2.37. The Kier molecular flexibility index (Phi) is 8.40. The van der Waals surface area contributed by atoms with Crippen molar-refractivity contribution in [3.63, 3.8) is 0 Å². The van der Waals surface area contributed by atoms with Crippen LogP contribution in [0.3, 0.4) is 0 Å². The topological polar surface area (TPSA) is 118 Å². The molecule has 1 saturated heterocycles. The van der Waals surface area contributed by atoms with Gasteiger partial charge in [0.1, 0.15) is 28.9 Å². The number of aromatic nitrogens is 3. The number of hydrogen-bond acceptors (Lipinski definition) is 6. The molecule has 10 nitrogen and oxygen atoms in total. The Balaban J connectivity index is 1.47. The molecule has 1 amide bonds. The average molecular weight is 634 g/mol. The number of nitrogens with zero attached hydrogens (tertiary/aromatic N) is 4. The molecule has 238 valence electrons. The maximum atomic E-state index is 15.1. The van der Waals surface area contributed by atoms with E-state index in [1.54, 1.807) is 4.90 Å². The molecule has 0 aliphatic carbocycles. The monoisotopic (exact) mass is 633 g/mol. The van der Waals surface area contributed by atoms with Crippen molar-refractivity contribution in [1.29, 1.82) is 0 Å². The molecule has 4 aromatic rings. The number of aliphatic carboxylic acids is 1. The fourth-order valence-corrected chi connectivity index (χ4v) is 5.43. The Labute approximate surface area is 252 Å². The summed E-state index contributed by atoms with van der Waals surface area (Å²) in [5.74, 6) is -5.22. The molecular formula is C30H28F5N5O5. The smallest absolute Gasteiger partial charge is 0.417 e. The molecule has 0 radical (unpaired) electrons. The first-order chi connectivity index (χ1) is 21.2. The number of rotatable bonds is 7. The van der Waals surface area contributed by atoms with E-state index in [-0.39, 0.29) is 34.3 Å². The Hall–Kier alpha value is -4.79. The number of alkyl halides is 3. The van der Waals surface area contributed by atoms with Crippen molar-refractivity contribution in [2.24, 2.45) is 7.05 Å². The number of carboxylic acid groups (broad SMARTS) is 1. The van der Waals surface area contributed by atoms with Gasteiger partial charge in [-0.15, -0.1) is 0 Å².